The zero-order valence-corrected chi connectivity index (χ0v) is 22.7. The number of nitrogens with one attached hydrogen (secondary N) is 2. The van der Waals surface area contributed by atoms with Gasteiger partial charge >= 0.3 is 0 Å². The van der Waals surface area contributed by atoms with Crippen LogP contribution in [0.5, 0.6) is 5.75 Å². The number of aryl methyl sites for hydroxylation is 1. The van der Waals surface area contributed by atoms with Crippen molar-refractivity contribution in [1.82, 2.24) is 20.1 Å². The molecule has 2 amide bonds. The lowest BCUT2D eigenvalue weighted by Gasteiger charge is -2.13. The van der Waals surface area contributed by atoms with Crippen LogP contribution in [0.2, 0.25) is 0 Å². The monoisotopic (exact) mass is 547 g/mol. The first-order valence-corrected chi connectivity index (χ1v) is 14.5. The van der Waals surface area contributed by atoms with Gasteiger partial charge in [0, 0.05) is 18.0 Å². The number of phenols is 1. The molecule has 0 fully saturated rings. The molecule has 3 N–H and O–H groups in total. The van der Waals surface area contributed by atoms with Gasteiger partial charge in [0.15, 0.2) is 11.0 Å². The summed E-state index contributed by atoms with van der Waals surface area (Å²) in [5.41, 5.74) is 3.27. The molecule has 4 aromatic rings. The van der Waals surface area contributed by atoms with Crippen LogP contribution in [0.3, 0.4) is 0 Å². The number of nitrogens with zero attached hydrogens (tertiary/aromatic N) is 3. The van der Waals surface area contributed by atoms with Crippen molar-refractivity contribution in [3.63, 3.8) is 0 Å². The molecular weight excluding hydrogens is 518 g/mol. The number of phenolic OH excluding ortho intramolecular Hbond substituents is 1. The molecule has 0 saturated carbocycles. The van der Waals surface area contributed by atoms with E-state index in [1.165, 1.54) is 28.0 Å². The Bertz CT molecular complexity index is 1450. The van der Waals surface area contributed by atoms with E-state index >= 15 is 0 Å². The van der Waals surface area contributed by atoms with Gasteiger partial charge < -0.3 is 20.3 Å². The number of para-hydroxylation sites is 1. The summed E-state index contributed by atoms with van der Waals surface area (Å²) in [5.74, 6) is 0.433. The first-order chi connectivity index (χ1) is 18.5. The van der Waals surface area contributed by atoms with Gasteiger partial charge in [-0.1, -0.05) is 54.2 Å². The van der Waals surface area contributed by atoms with Gasteiger partial charge in [-0.2, -0.15) is 0 Å². The number of fused-ring (bicyclic) bond motifs is 1. The fourth-order valence-electron chi connectivity index (χ4n) is 4.60. The van der Waals surface area contributed by atoms with E-state index in [1.807, 2.05) is 47.9 Å². The SMILES string of the molecule is CCn1c(SCC(=O)Nc2sc3c(c2C(=O)NCc2ccccc2)CCCC3)nnc1-c1ccccc1O. The number of thioether (sulfide) groups is 1. The lowest BCUT2D eigenvalue weighted by Crippen LogP contribution is -2.25. The van der Waals surface area contributed by atoms with Gasteiger partial charge in [0.1, 0.15) is 10.8 Å². The van der Waals surface area contributed by atoms with Gasteiger partial charge in [0.25, 0.3) is 5.91 Å². The van der Waals surface area contributed by atoms with Crippen molar-refractivity contribution in [2.45, 2.75) is 50.9 Å². The second-order valence-corrected chi connectivity index (χ2v) is 11.0. The zero-order chi connectivity index (χ0) is 26.5. The third-order valence-corrected chi connectivity index (χ3v) is 8.63. The molecule has 196 valence electrons. The van der Waals surface area contributed by atoms with Gasteiger partial charge in [-0.05, 0) is 55.9 Å². The van der Waals surface area contributed by atoms with E-state index in [2.05, 4.69) is 20.8 Å². The highest BCUT2D eigenvalue weighted by atomic mass is 32.2. The third kappa shape index (κ3) is 5.61. The van der Waals surface area contributed by atoms with Crippen molar-refractivity contribution in [3.05, 3.63) is 76.2 Å². The van der Waals surface area contributed by atoms with Crippen LogP contribution in [0.4, 0.5) is 5.00 Å². The highest BCUT2D eigenvalue weighted by molar-refractivity contribution is 7.99. The summed E-state index contributed by atoms with van der Waals surface area (Å²) in [5, 5.41) is 26.0. The second kappa shape index (κ2) is 11.8. The number of hydrogen-bond acceptors (Lipinski definition) is 7. The number of aromatic nitrogens is 3. The van der Waals surface area contributed by atoms with E-state index in [9.17, 15) is 14.7 Å². The minimum Gasteiger partial charge on any atom is -0.507 e. The number of carbonyl (C=O) groups excluding carboxylic acids is 2. The van der Waals surface area contributed by atoms with Crippen molar-refractivity contribution in [2.24, 2.45) is 0 Å². The first-order valence-electron chi connectivity index (χ1n) is 12.7. The number of benzene rings is 2. The maximum atomic E-state index is 13.3. The van der Waals surface area contributed by atoms with E-state index in [0.29, 0.717) is 40.2 Å². The van der Waals surface area contributed by atoms with Gasteiger partial charge in [0.2, 0.25) is 5.91 Å². The molecule has 10 heteroatoms. The minimum atomic E-state index is -0.208. The van der Waals surface area contributed by atoms with Crippen molar-refractivity contribution in [2.75, 3.05) is 11.1 Å². The quantitative estimate of drug-likeness (QED) is 0.246. The molecule has 0 aliphatic heterocycles. The van der Waals surface area contributed by atoms with Crippen molar-refractivity contribution in [3.8, 4) is 17.1 Å². The highest BCUT2D eigenvalue weighted by Gasteiger charge is 2.26. The highest BCUT2D eigenvalue weighted by Crippen LogP contribution is 2.38. The third-order valence-electron chi connectivity index (χ3n) is 6.46. The predicted octanol–water partition coefficient (Wildman–Crippen LogP) is 5.27. The number of amides is 2. The molecule has 8 nitrogen and oxygen atoms in total. The van der Waals surface area contributed by atoms with Gasteiger partial charge in [0.05, 0.1) is 16.9 Å². The fraction of sp³-hybridized carbons (Fsp3) is 0.286. The maximum absolute atomic E-state index is 13.3. The van der Waals surface area contributed by atoms with Gasteiger partial charge in [-0.15, -0.1) is 21.5 Å². The summed E-state index contributed by atoms with van der Waals surface area (Å²) in [6.07, 6.45) is 3.91. The van der Waals surface area contributed by atoms with E-state index in [4.69, 9.17) is 0 Å². The summed E-state index contributed by atoms with van der Waals surface area (Å²) < 4.78 is 1.87. The maximum Gasteiger partial charge on any atom is 0.254 e. The Morgan fingerprint density at radius 2 is 1.82 bits per heavy atom. The van der Waals surface area contributed by atoms with E-state index < -0.39 is 0 Å². The van der Waals surface area contributed by atoms with Gasteiger partial charge in [-0.25, -0.2) is 0 Å². The Hall–Kier alpha value is -3.63. The first kappa shape index (κ1) is 26.0. The van der Waals surface area contributed by atoms with Gasteiger partial charge in [-0.3, -0.25) is 9.59 Å². The van der Waals surface area contributed by atoms with Crippen LogP contribution >= 0.6 is 23.1 Å². The van der Waals surface area contributed by atoms with E-state index in [0.717, 1.165) is 36.8 Å². The molecule has 1 aliphatic rings. The van der Waals surface area contributed by atoms with Crippen LogP contribution in [0.25, 0.3) is 11.4 Å². The van der Waals surface area contributed by atoms with Crippen molar-refractivity contribution < 1.29 is 14.7 Å². The Kier molecular flexibility index (Phi) is 8.09. The number of thiophene rings is 1. The number of anilines is 1. The standard InChI is InChI=1S/C28H29N5O3S2/c1-2-33-25(19-12-6-8-14-21(19)34)31-32-28(33)37-17-23(35)30-27-24(20-13-7-9-15-22(20)38-27)26(36)29-16-18-10-4-3-5-11-18/h3-6,8,10-12,14,34H,2,7,9,13,15-17H2,1H3,(H,29,36)(H,30,35). The molecule has 5 rings (SSSR count). The molecule has 1 aliphatic carbocycles. The smallest absolute Gasteiger partial charge is 0.254 e. The average Bonchev–Trinajstić information content (AvgIpc) is 3.52. The topological polar surface area (TPSA) is 109 Å². The molecule has 2 aromatic carbocycles. The Morgan fingerprint density at radius 3 is 2.61 bits per heavy atom. The molecule has 38 heavy (non-hydrogen) atoms. The minimum absolute atomic E-state index is 0.118. The van der Waals surface area contributed by atoms with Crippen LogP contribution < -0.4 is 10.6 Å². The second-order valence-electron chi connectivity index (χ2n) is 8.99. The van der Waals surface area contributed by atoms with Crippen LogP contribution in [0.1, 0.15) is 46.1 Å². The molecule has 2 aromatic heterocycles. The fourth-order valence-corrected chi connectivity index (χ4v) is 6.70. The largest absolute Gasteiger partial charge is 0.507 e. The number of hydrogen-bond donors (Lipinski definition) is 3. The number of rotatable bonds is 9. The molecule has 0 bridgehead atoms. The molecule has 2 heterocycles. The summed E-state index contributed by atoms with van der Waals surface area (Å²) in [6.45, 7) is 2.98. The Labute approximate surface area is 229 Å². The molecular formula is C28H29N5O3S2. The van der Waals surface area contributed by atoms with E-state index in [1.54, 1.807) is 18.2 Å². The summed E-state index contributed by atoms with van der Waals surface area (Å²) in [4.78, 5) is 27.5. The molecule has 0 atom stereocenters. The van der Waals surface area contributed by atoms with Crippen LogP contribution in [0, 0.1) is 0 Å². The zero-order valence-electron chi connectivity index (χ0n) is 21.1. The number of carbonyl (C=O) groups is 2. The molecule has 0 spiro atoms. The van der Waals surface area contributed by atoms with Crippen LogP contribution in [0.15, 0.2) is 59.8 Å². The van der Waals surface area contributed by atoms with Crippen molar-refractivity contribution >= 4 is 39.9 Å². The average molecular weight is 548 g/mol. The van der Waals surface area contributed by atoms with E-state index in [-0.39, 0.29) is 23.3 Å². The lowest BCUT2D eigenvalue weighted by atomic mass is 9.95. The lowest BCUT2D eigenvalue weighted by molar-refractivity contribution is -0.113. The Balaban J connectivity index is 1.29. The summed E-state index contributed by atoms with van der Waals surface area (Å²) in [6, 6.07) is 16.8. The summed E-state index contributed by atoms with van der Waals surface area (Å²) in [7, 11) is 0. The predicted molar refractivity (Wildman–Crippen MR) is 151 cm³/mol. The normalized spacial score (nSPS) is 12.7. The number of aromatic hydroxyl groups is 1. The van der Waals surface area contributed by atoms with Crippen LogP contribution in [-0.4, -0.2) is 37.4 Å². The van der Waals surface area contributed by atoms with Crippen LogP contribution in [-0.2, 0) is 30.7 Å². The molecule has 0 unspecified atom stereocenters. The molecule has 0 radical (unpaired) electrons. The summed E-state index contributed by atoms with van der Waals surface area (Å²) >= 11 is 2.79. The van der Waals surface area contributed by atoms with Crippen molar-refractivity contribution in [1.29, 1.82) is 0 Å². The molecule has 0 saturated heterocycles. The Morgan fingerprint density at radius 1 is 1.05 bits per heavy atom.